The van der Waals surface area contributed by atoms with Crippen LogP contribution in [0.5, 0.6) is 11.5 Å². The molecule has 1 aliphatic rings. The van der Waals surface area contributed by atoms with Crippen molar-refractivity contribution in [3.8, 4) is 11.5 Å². The van der Waals surface area contributed by atoms with Crippen molar-refractivity contribution in [3.05, 3.63) is 126 Å². The molecule has 1 N–H and O–H groups in total. The number of carbonyl (C=O) groups excluding carboxylic acids is 2. The Kier molecular flexibility index (Phi) is 14.5. The third-order valence-corrected chi connectivity index (χ3v) is 5.18. The summed E-state index contributed by atoms with van der Waals surface area (Å²) in [5, 5.41) is 3.15. The number of ether oxygens (including phenoxy) is 3. The van der Waals surface area contributed by atoms with Crippen LogP contribution in [0.4, 0.5) is 30.0 Å². The van der Waals surface area contributed by atoms with E-state index in [0.717, 1.165) is 11.1 Å². The number of esters is 1. The maximum Gasteiger partial charge on any atom is 0.00506 e. The monoisotopic (exact) mass is 705 g/mol. The van der Waals surface area contributed by atoms with Crippen molar-refractivity contribution < 1.29 is 66.0 Å². The van der Waals surface area contributed by atoms with E-state index in [9.17, 15) is 34.8 Å². The van der Waals surface area contributed by atoms with Crippen molar-refractivity contribution in [2.24, 2.45) is 0 Å². The molecular formula is C29H27ClF6FeNO5P-. The summed E-state index contributed by atoms with van der Waals surface area (Å²) in [5.74, 6) is 0.683. The number of amides is 1. The van der Waals surface area contributed by atoms with Crippen LogP contribution in [0.25, 0.3) is 0 Å². The smallest absolute Gasteiger partial charge is 0.00506 e. The van der Waals surface area contributed by atoms with E-state index >= 15 is 0 Å². The number of carbonyl (C=O) groups is 2. The van der Waals surface area contributed by atoms with Gasteiger partial charge in [0.15, 0.2) is 0 Å². The van der Waals surface area contributed by atoms with Crippen molar-refractivity contribution >= 4 is 31.5 Å². The summed E-state index contributed by atoms with van der Waals surface area (Å²) in [6, 6.07) is 22.7. The van der Waals surface area contributed by atoms with Gasteiger partial charge in [0.1, 0.15) is 24.1 Å². The summed E-state index contributed by atoms with van der Waals surface area (Å²) < 4.78 is 75.0. The second-order valence-corrected chi connectivity index (χ2v) is 11.0. The summed E-state index contributed by atoms with van der Waals surface area (Å²) in [4.78, 5) is 24.3. The van der Waals surface area contributed by atoms with Gasteiger partial charge in [-0.05, 0) is 41.5 Å². The second-order valence-electron chi connectivity index (χ2n) is 8.61. The fraction of sp³-hybridized carbons (Fsp3) is 0.138. The number of halogens is 7. The molecule has 6 nitrogen and oxygen atoms in total. The Labute approximate surface area is 265 Å². The molecule has 3 aromatic carbocycles. The fourth-order valence-electron chi connectivity index (χ4n) is 3.16. The minimum atomic E-state index is -10.7. The van der Waals surface area contributed by atoms with Crippen LogP contribution in [0.3, 0.4) is 0 Å². The van der Waals surface area contributed by atoms with Gasteiger partial charge in [-0.15, -0.1) is 0 Å². The number of alkyl carbamates (subject to hydrolysis) is 1. The Morgan fingerprint density at radius 2 is 1.39 bits per heavy atom. The first-order valence-corrected chi connectivity index (χ1v) is 14.7. The Bertz CT molecular complexity index is 1390. The van der Waals surface area contributed by atoms with Crippen molar-refractivity contribution in [1.29, 1.82) is 0 Å². The molecule has 1 aliphatic carbocycles. The summed E-state index contributed by atoms with van der Waals surface area (Å²) in [6.07, 6.45) is 9.55. The minimum absolute atomic E-state index is 0. The van der Waals surface area contributed by atoms with Gasteiger partial charge in [0.2, 0.25) is 0 Å². The molecule has 4 rings (SSSR count). The van der Waals surface area contributed by atoms with Gasteiger partial charge in [-0.25, -0.2) is 9.59 Å². The van der Waals surface area contributed by atoms with Gasteiger partial charge >= 0.3 is 45.1 Å². The van der Waals surface area contributed by atoms with E-state index in [4.69, 9.17) is 25.8 Å². The molecule has 0 spiro atoms. The zero-order valence-electron chi connectivity index (χ0n) is 22.9. The molecule has 0 heterocycles. The number of hydrogen-bond acceptors (Lipinski definition) is 5. The SMILES string of the molecule is COC(=O)[C@H](Cc1ccc(Oc2cccc(Cl)c2)cc1)NC(=O)OCc1ccccc1.F[P-](F)(F)(F)(F)F.[CH]1C=CC=C1.[Fe]. The predicted octanol–water partition coefficient (Wildman–Crippen LogP) is 9.84. The van der Waals surface area contributed by atoms with Crippen LogP contribution >= 0.6 is 19.4 Å². The van der Waals surface area contributed by atoms with Crippen molar-refractivity contribution in [2.45, 2.75) is 19.1 Å². The molecule has 0 unspecified atom stereocenters. The van der Waals surface area contributed by atoms with Crippen molar-refractivity contribution in [3.63, 3.8) is 0 Å². The van der Waals surface area contributed by atoms with Crippen LogP contribution < -0.4 is 10.1 Å². The molecule has 241 valence electrons. The first-order valence-electron chi connectivity index (χ1n) is 12.3. The Morgan fingerprint density at radius 1 is 0.795 bits per heavy atom. The van der Waals surface area contributed by atoms with Gasteiger partial charge in [-0.1, -0.05) is 84.4 Å². The van der Waals surface area contributed by atoms with Gasteiger partial charge in [0.25, 0.3) is 0 Å². The molecular weight excluding hydrogens is 679 g/mol. The maximum absolute atomic E-state index is 12.2. The van der Waals surface area contributed by atoms with E-state index < -0.39 is 25.9 Å². The maximum atomic E-state index is 12.2. The summed E-state index contributed by atoms with van der Waals surface area (Å²) in [6.45, 7) is 0.107. The van der Waals surface area contributed by atoms with E-state index in [2.05, 4.69) is 5.32 Å². The quantitative estimate of drug-likeness (QED) is 0.109. The predicted molar refractivity (Wildman–Crippen MR) is 153 cm³/mol. The summed E-state index contributed by atoms with van der Waals surface area (Å²) in [5.41, 5.74) is 1.67. The topological polar surface area (TPSA) is 73.9 Å². The summed E-state index contributed by atoms with van der Waals surface area (Å²) in [7, 11) is -9.39. The van der Waals surface area contributed by atoms with Gasteiger partial charge in [0, 0.05) is 34.9 Å². The average Bonchev–Trinajstić information content (AvgIpc) is 3.52. The molecule has 1 radical (unpaired) electrons. The number of methoxy groups -OCH3 is 1. The van der Waals surface area contributed by atoms with Crippen LogP contribution in [0.2, 0.25) is 5.02 Å². The Morgan fingerprint density at radius 3 is 1.89 bits per heavy atom. The second kappa shape index (κ2) is 16.5. The molecule has 3 aromatic rings. The first-order chi connectivity index (χ1) is 20.0. The number of benzene rings is 3. The number of rotatable bonds is 8. The number of allylic oxidation sites excluding steroid dienone is 4. The molecule has 0 aliphatic heterocycles. The molecule has 0 aromatic heterocycles. The standard InChI is InChI=1S/C24H22ClNO5.C5H5.F6P.Fe/c1-29-23(27)22(26-24(28)30-16-18-6-3-2-4-7-18)14-17-10-12-20(13-11-17)31-21-9-5-8-19(25)15-21;1-2-4-5-3-1;1-7(2,3,4,5)6;/h2-13,15,22H,14,16H2,1H3,(H,26,28);1-5H;;/q;;-1;/t22-;;;/m0.../s1. The fourth-order valence-corrected chi connectivity index (χ4v) is 3.34. The van der Waals surface area contributed by atoms with Gasteiger partial charge in [-0.2, -0.15) is 0 Å². The molecule has 1 amide bonds. The van der Waals surface area contributed by atoms with Gasteiger partial charge in [-0.3, -0.25) is 0 Å². The van der Waals surface area contributed by atoms with Crippen molar-refractivity contribution in [1.82, 2.24) is 5.32 Å². The number of hydrogen-bond donors (Lipinski definition) is 1. The van der Waals surface area contributed by atoms with Gasteiger partial charge < -0.3 is 19.5 Å². The van der Waals surface area contributed by atoms with E-state index in [1.807, 2.05) is 73.2 Å². The average molecular weight is 706 g/mol. The largest absolute Gasteiger partial charge is 0.0767 e. The molecule has 0 fully saturated rings. The molecule has 0 saturated carbocycles. The van der Waals surface area contributed by atoms with Crippen LogP contribution in [-0.4, -0.2) is 25.2 Å². The van der Waals surface area contributed by atoms with E-state index in [1.165, 1.54) is 7.11 Å². The van der Waals surface area contributed by atoms with Crippen LogP contribution in [0.15, 0.2) is 103 Å². The summed E-state index contributed by atoms with van der Waals surface area (Å²) >= 11 is 5.97. The molecule has 15 heteroatoms. The van der Waals surface area contributed by atoms with E-state index in [-0.39, 0.29) is 30.1 Å². The molecule has 0 bridgehead atoms. The van der Waals surface area contributed by atoms with Crippen LogP contribution in [-0.2, 0) is 44.4 Å². The minimum Gasteiger partial charge on any atom is -0.0767 e. The van der Waals surface area contributed by atoms with E-state index in [1.54, 1.807) is 36.4 Å². The molecule has 44 heavy (non-hydrogen) atoms. The van der Waals surface area contributed by atoms with Crippen LogP contribution in [0, 0.1) is 6.42 Å². The first kappa shape index (κ1) is 38.5. The van der Waals surface area contributed by atoms with Gasteiger partial charge in [0.05, 0.1) is 7.11 Å². The normalized spacial score (nSPS) is 13.6. The van der Waals surface area contributed by atoms with Crippen molar-refractivity contribution in [2.75, 3.05) is 7.11 Å². The number of nitrogens with one attached hydrogen (secondary N) is 1. The third kappa shape index (κ3) is 19.6. The van der Waals surface area contributed by atoms with Crippen LogP contribution in [0.1, 0.15) is 11.1 Å². The Hall–Kier alpha value is -3.50. The molecule has 0 saturated heterocycles. The van der Waals surface area contributed by atoms with E-state index in [0.29, 0.717) is 16.5 Å². The zero-order valence-corrected chi connectivity index (χ0v) is 25.6. The molecule has 1 atom stereocenters. The Balaban J connectivity index is 0.000000622. The zero-order chi connectivity index (χ0) is 32.0. The third-order valence-electron chi connectivity index (χ3n) is 4.94.